The number of alkyl halides is 7. The molecule has 0 heterocycles. The molecule has 0 amide bonds. The van der Waals surface area contributed by atoms with Crippen LogP contribution < -0.4 is 0 Å². The van der Waals surface area contributed by atoms with E-state index in [2.05, 4.69) is 0 Å². The van der Waals surface area contributed by atoms with E-state index in [1.807, 2.05) is 0 Å². The molecule has 1 atom stereocenters. The Bertz CT molecular complexity index is 143. The van der Waals surface area contributed by atoms with Crippen LogP contribution in [-0.2, 0) is 0 Å². The lowest BCUT2D eigenvalue weighted by atomic mass is 10.0. The Labute approximate surface area is 84.8 Å². The molecule has 0 aromatic carbocycles. The van der Waals surface area contributed by atoms with Gasteiger partial charge in [-0.15, -0.1) is 0 Å². The lowest BCUT2D eigenvalue weighted by molar-refractivity contribution is -0.285. The Hall–Kier alpha value is 0.310. The highest BCUT2D eigenvalue weighted by Crippen LogP contribution is 2.42. The molecule has 0 fully saturated rings. The van der Waals surface area contributed by atoms with Crippen LogP contribution in [0, 0.1) is 5.92 Å². The van der Waals surface area contributed by atoms with Gasteiger partial charge in [-0.25, -0.2) is 0 Å². The maximum absolute atomic E-state index is 11.9. The molecule has 0 spiro atoms. The van der Waals surface area contributed by atoms with Crippen molar-refractivity contribution in [3.05, 3.63) is 0 Å². The highest BCUT2D eigenvalue weighted by Gasteiger charge is 2.56. The van der Waals surface area contributed by atoms with Crippen LogP contribution in [0.4, 0.5) is 26.3 Å². The van der Waals surface area contributed by atoms with Crippen LogP contribution in [0.2, 0.25) is 0 Å². The molecule has 7 heteroatoms. The Morgan fingerprint density at radius 1 is 1.00 bits per heavy atom. The Morgan fingerprint density at radius 3 is 1.38 bits per heavy atom. The van der Waals surface area contributed by atoms with Crippen LogP contribution in [0.1, 0.15) is 13.3 Å². The van der Waals surface area contributed by atoms with Crippen LogP contribution in [0.15, 0.2) is 0 Å². The topological polar surface area (TPSA) is 0 Å². The van der Waals surface area contributed by atoms with Gasteiger partial charge in [-0.2, -0.15) is 26.3 Å². The Balaban J connectivity index is 4.58. The average Bonchev–Trinajstić information content (AvgIpc) is 1.77. The van der Waals surface area contributed by atoms with Crippen LogP contribution in [-0.4, -0.2) is 16.3 Å². The van der Waals surface area contributed by atoms with Gasteiger partial charge < -0.3 is 0 Å². The highest BCUT2D eigenvalue weighted by atomic mass is 127. The Kier molecular flexibility index (Phi) is 4.32. The van der Waals surface area contributed by atoms with Crippen molar-refractivity contribution in [2.45, 2.75) is 29.6 Å². The van der Waals surface area contributed by atoms with Crippen LogP contribution >= 0.6 is 22.6 Å². The molecule has 0 aromatic rings. The first-order chi connectivity index (χ1) is 5.55. The molecule has 0 nitrogen and oxygen atoms in total. The summed E-state index contributed by atoms with van der Waals surface area (Å²) < 4.78 is 70.5. The summed E-state index contributed by atoms with van der Waals surface area (Å²) in [5.74, 6) is -3.20. The predicted molar refractivity (Wildman–Crippen MR) is 43.7 cm³/mol. The van der Waals surface area contributed by atoms with Gasteiger partial charge in [-0.05, 0) is 6.42 Å². The molecule has 0 saturated carbocycles. The van der Waals surface area contributed by atoms with Crippen molar-refractivity contribution >= 4 is 22.6 Å². The molecule has 0 unspecified atom stereocenters. The maximum atomic E-state index is 11.9. The maximum Gasteiger partial charge on any atom is 0.400 e. The molecule has 0 radical (unpaired) electrons. The van der Waals surface area contributed by atoms with Gasteiger partial charge in [0.1, 0.15) is 0 Å². The lowest BCUT2D eigenvalue weighted by Crippen LogP contribution is -2.37. The van der Waals surface area contributed by atoms with Crippen molar-refractivity contribution in [2.75, 3.05) is 0 Å². The van der Waals surface area contributed by atoms with E-state index in [9.17, 15) is 26.3 Å². The van der Waals surface area contributed by atoms with E-state index in [0.29, 0.717) is 0 Å². The van der Waals surface area contributed by atoms with Gasteiger partial charge in [-0.1, -0.05) is 29.5 Å². The second kappa shape index (κ2) is 4.22. The van der Waals surface area contributed by atoms with Gasteiger partial charge in [0.05, 0.1) is 0 Å². The van der Waals surface area contributed by atoms with E-state index in [0.717, 1.165) is 0 Å². The number of hydrogen-bond acceptors (Lipinski definition) is 0. The average molecular weight is 320 g/mol. The molecule has 0 bridgehead atoms. The summed E-state index contributed by atoms with van der Waals surface area (Å²) in [7, 11) is 0. The van der Waals surface area contributed by atoms with Crippen LogP contribution in [0.5, 0.6) is 0 Å². The normalized spacial score (nSPS) is 16.4. The van der Waals surface area contributed by atoms with Crippen molar-refractivity contribution < 1.29 is 26.3 Å². The highest BCUT2D eigenvalue weighted by molar-refractivity contribution is 14.1. The fraction of sp³-hybridized carbons (Fsp3) is 1.00. The summed E-state index contributed by atoms with van der Waals surface area (Å²) in [6, 6.07) is 0. The molecule has 80 valence electrons. The minimum atomic E-state index is -5.20. The zero-order valence-electron chi connectivity index (χ0n) is 6.51. The third-order valence-corrected chi connectivity index (χ3v) is 1.86. The van der Waals surface area contributed by atoms with Crippen molar-refractivity contribution in [3.8, 4) is 0 Å². The second-order valence-electron chi connectivity index (χ2n) is 2.65. The molecule has 0 aromatic heterocycles. The van der Waals surface area contributed by atoms with Crippen molar-refractivity contribution in [3.63, 3.8) is 0 Å². The fourth-order valence-corrected chi connectivity index (χ4v) is 1.29. The van der Waals surface area contributed by atoms with Gasteiger partial charge in [0, 0.05) is 3.92 Å². The largest absolute Gasteiger partial charge is 0.400 e. The molecule has 0 N–H and O–H groups in total. The van der Waals surface area contributed by atoms with E-state index in [1.54, 1.807) is 0 Å². The van der Waals surface area contributed by atoms with Crippen molar-refractivity contribution in [1.82, 2.24) is 0 Å². The van der Waals surface area contributed by atoms with Gasteiger partial charge in [0.2, 0.25) is 0 Å². The fourth-order valence-electron chi connectivity index (χ4n) is 0.778. The standard InChI is InChI=1S/C6H7F6I/c1-3(13)2-4(5(7,8)9)6(10,11)12/h3-4H,2H2,1H3/t3-/m0/s1. The zero-order valence-corrected chi connectivity index (χ0v) is 8.67. The van der Waals surface area contributed by atoms with Gasteiger partial charge >= 0.3 is 12.4 Å². The van der Waals surface area contributed by atoms with E-state index in [-0.39, 0.29) is 0 Å². The summed E-state index contributed by atoms with van der Waals surface area (Å²) in [4.78, 5) is 0. The molecular formula is C6H7F6I. The Morgan fingerprint density at radius 2 is 1.31 bits per heavy atom. The third kappa shape index (κ3) is 4.92. The number of hydrogen-bond donors (Lipinski definition) is 0. The summed E-state index contributed by atoms with van der Waals surface area (Å²) in [5, 5.41) is 0. The van der Waals surface area contributed by atoms with E-state index in [1.165, 1.54) is 29.5 Å². The number of halogens is 7. The van der Waals surface area contributed by atoms with Crippen LogP contribution in [0.25, 0.3) is 0 Å². The predicted octanol–water partition coefficient (Wildman–Crippen LogP) is 3.94. The first-order valence-corrected chi connectivity index (χ1v) is 4.57. The molecule has 0 aliphatic carbocycles. The van der Waals surface area contributed by atoms with E-state index in [4.69, 9.17) is 0 Å². The minimum absolute atomic E-state index is 0.661. The second-order valence-corrected chi connectivity index (χ2v) is 4.78. The molecule has 0 saturated heterocycles. The molecule has 0 rings (SSSR count). The summed E-state index contributed by atoms with van der Waals surface area (Å²) in [5.41, 5.74) is 0. The summed E-state index contributed by atoms with van der Waals surface area (Å²) >= 11 is 1.54. The van der Waals surface area contributed by atoms with E-state index >= 15 is 0 Å². The SMILES string of the molecule is C[C@H](I)CC(C(F)(F)F)C(F)(F)F. The smallest absolute Gasteiger partial charge is 0.170 e. The lowest BCUT2D eigenvalue weighted by Gasteiger charge is -2.23. The third-order valence-electron chi connectivity index (χ3n) is 1.35. The van der Waals surface area contributed by atoms with Gasteiger partial charge in [0.25, 0.3) is 0 Å². The quantitative estimate of drug-likeness (QED) is 0.411. The molecular weight excluding hydrogens is 313 g/mol. The minimum Gasteiger partial charge on any atom is -0.170 e. The van der Waals surface area contributed by atoms with Crippen LogP contribution in [0.3, 0.4) is 0 Å². The first-order valence-electron chi connectivity index (χ1n) is 3.32. The van der Waals surface area contributed by atoms with Gasteiger partial charge in [-0.3, -0.25) is 0 Å². The van der Waals surface area contributed by atoms with Crippen molar-refractivity contribution in [2.24, 2.45) is 5.92 Å². The number of rotatable bonds is 2. The molecule has 13 heavy (non-hydrogen) atoms. The first kappa shape index (κ1) is 13.3. The zero-order chi connectivity index (χ0) is 10.9. The summed E-state index contributed by atoms with van der Waals surface area (Å²) in [6.45, 7) is 1.31. The van der Waals surface area contributed by atoms with Gasteiger partial charge in [0.15, 0.2) is 5.92 Å². The van der Waals surface area contributed by atoms with Crippen molar-refractivity contribution in [1.29, 1.82) is 0 Å². The van der Waals surface area contributed by atoms with E-state index < -0.39 is 28.6 Å². The summed E-state index contributed by atoms with van der Waals surface area (Å²) in [6.07, 6.45) is -11.3. The molecule has 0 aliphatic rings. The molecule has 0 aliphatic heterocycles. The monoisotopic (exact) mass is 320 g/mol.